The van der Waals surface area contributed by atoms with Crippen molar-refractivity contribution in [2.75, 3.05) is 51.3 Å². The summed E-state index contributed by atoms with van der Waals surface area (Å²) in [5.74, 6) is 2.12. The van der Waals surface area contributed by atoms with Gasteiger partial charge in [0.15, 0.2) is 0 Å². The summed E-state index contributed by atoms with van der Waals surface area (Å²) in [6.07, 6.45) is 13.6. The minimum absolute atomic E-state index is 0.438. The maximum Gasteiger partial charge on any atom is 0.138 e. The number of allylic oxidation sites excluding steroid dienone is 3. The van der Waals surface area contributed by atoms with Gasteiger partial charge in [0.05, 0.1) is 19.4 Å². The van der Waals surface area contributed by atoms with Crippen molar-refractivity contribution in [1.29, 1.82) is 0 Å². The average Bonchev–Trinajstić information content (AvgIpc) is 3.27. The molecule has 3 aromatic rings. The first-order chi connectivity index (χ1) is 16.7. The van der Waals surface area contributed by atoms with Gasteiger partial charge in [-0.2, -0.15) is 0 Å². The zero-order chi connectivity index (χ0) is 23.2. The molecule has 4 heterocycles. The molecular formula is C26H30ClN5O2. The standard InChI is InChI=1S/C26H30ClN5O2/c27-22-4-1-19(2-5-22)15-28-25-6-3-20(16-29-25)13-21-17-30-26-24(21)14-23(18-31-26)34-12-9-32-7-10-33-11-8-32/h1,3-6,14,16-19H,2,7-13,15H2,(H,28,29)(H,30,31). The highest BCUT2D eigenvalue weighted by atomic mass is 35.5. The summed E-state index contributed by atoms with van der Waals surface area (Å²) >= 11 is 5.99. The minimum Gasteiger partial charge on any atom is -0.491 e. The molecule has 1 aliphatic heterocycles. The molecule has 178 valence electrons. The highest BCUT2D eigenvalue weighted by molar-refractivity contribution is 6.31. The Labute approximate surface area is 204 Å². The summed E-state index contributed by atoms with van der Waals surface area (Å²) in [6, 6.07) is 6.24. The largest absolute Gasteiger partial charge is 0.491 e. The number of hydrogen-bond acceptors (Lipinski definition) is 6. The van der Waals surface area contributed by atoms with E-state index in [1.165, 1.54) is 5.56 Å². The molecule has 7 nitrogen and oxygen atoms in total. The van der Waals surface area contributed by atoms with Crippen LogP contribution >= 0.6 is 11.6 Å². The molecule has 0 spiro atoms. The fraction of sp³-hybridized carbons (Fsp3) is 0.385. The minimum atomic E-state index is 0.438. The molecule has 34 heavy (non-hydrogen) atoms. The second-order valence-corrected chi connectivity index (χ2v) is 9.17. The number of nitrogens with one attached hydrogen (secondary N) is 2. The lowest BCUT2D eigenvalue weighted by atomic mass is 10.0. The van der Waals surface area contributed by atoms with Gasteiger partial charge in [0.2, 0.25) is 0 Å². The maximum absolute atomic E-state index is 5.99. The van der Waals surface area contributed by atoms with Crippen molar-refractivity contribution in [3.63, 3.8) is 0 Å². The summed E-state index contributed by atoms with van der Waals surface area (Å²) in [6.45, 7) is 5.92. The Morgan fingerprint density at radius 3 is 2.91 bits per heavy atom. The molecule has 0 amide bonds. The zero-order valence-electron chi connectivity index (χ0n) is 19.2. The van der Waals surface area contributed by atoms with E-state index in [2.05, 4.69) is 49.5 Å². The number of aromatic amines is 1. The van der Waals surface area contributed by atoms with Gasteiger partial charge in [0, 0.05) is 55.4 Å². The summed E-state index contributed by atoms with van der Waals surface area (Å²) in [5, 5.41) is 5.32. The number of pyridine rings is 2. The Morgan fingerprint density at radius 2 is 2.12 bits per heavy atom. The maximum atomic E-state index is 5.99. The first kappa shape index (κ1) is 22.9. The van der Waals surface area contributed by atoms with Crippen molar-refractivity contribution >= 4 is 28.5 Å². The lowest BCUT2D eigenvalue weighted by Crippen LogP contribution is -2.38. The molecule has 1 atom stereocenters. The van der Waals surface area contributed by atoms with Crippen molar-refractivity contribution in [3.05, 3.63) is 71.2 Å². The molecule has 5 rings (SSSR count). The second-order valence-electron chi connectivity index (χ2n) is 8.74. The zero-order valence-corrected chi connectivity index (χ0v) is 19.9. The van der Waals surface area contributed by atoms with Crippen LogP contribution in [0.1, 0.15) is 17.5 Å². The van der Waals surface area contributed by atoms with Crippen molar-refractivity contribution in [1.82, 2.24) is 19.9 Å². The number of rotatable bonds is 9. The number of halogens is 1. The van der Waals surface area contributed by atoms with Gasteiger partial charge in [-0.3, -0.25) is 4.90 Å². The Morgan fingerprint density at radius 1 is 1.21 bits per heavy atom. The van der Waals surface area contributed by atoms with Gasteiger partial charge in [-0.25, -0.2) is 9.97 Å². The van der Waals surface area contributed by atoms with Gasteiger partial charge in [-0.1, -0.05) is 29.8 Å². The smallest absolute Gasteiger partial charge is 0.138 e. The topological polar surface area (TPSA) is 75.3 Å². The van der Waals surface area contributed by atoms with Gasteiger partial charge in [-0.05, 0) is 41.7 Å². The van der Waals surface area contributed by atoms with Gasteiger partial charge in [0.1, 0.15) is 23.8 Å². The monoisotopic (exact) mass is 479 g/mol. The van der Waals surface area contributed by atoms with Gasteiger partial charge in [0.25, 0.3) is 0 Å². The molecule has 0 aromatic carbocycles. The molecule has 3 aromatic heterocycles. The molecule has 2 aliphatic rings. The predicted molar refractivity (Wildman–Crippen MR) is 136 cm³/mol. The van der Waals surface area contributed by atoms with Crippen molar-refractivity contribution in [2.24, 2.45) is 5.92 Å². The summed E-state index contributed by atoms with van der Waals surface area (Å²) < 4.78 is 11.4. The number of fused-ring (bicyclic) bond motifs is 1. The molecule has 1 saturated heterocycles. The van der Waals surface area contributed by atoms with E-state index in [1.807, 2.05) is 24.5 Å². The Kier molecular flexibility index (Phi) is 7.43. The van der Waals surface area contributed by atoms with Crippen LogP contribution < -0.4 is 10.1 Å². The van der Waals surface area contributed by atoms with E-state index in [4.69, 9.17) is 21.1 Å². The number of aromatic nitrogens is 3. The lowest BCUT2D eigenvalue weighted by molar-refractivity contribution is 0.0322. The molecular weight excluding hydrogens is 450 g/mol. The van der Waals surface area contributed by atoms with E-state index in [0.29, 0.717) is 12.5 Å². The number of nitrogens with zero attached hydrogens (tertiary/aromatic N) is 3. The van der Waals surface area contributed by atoms with Crippen LogP contribution in [0.2, 0.25) is 0 Å². The third-order valence-corrected chi connectivity index (χ3v) is 6.56. The van der Waals surface area contributed by atoms with Gasteiger partial charge >= 0.3 is 0 Å². The first-order valence-corrected chi connectivity index (χ1v) is 12.2. The molecule has 8 heteroatoms. The molecule has 1 unspecified atom stereocenters. The van der Waals surface area contributed by atoms with E-state index >= 15 is 0 Å². The van der Waals surface area contributed by atoms with Crippen LogP contribution in [-0.2, 0) is 11.2 Å². The number of morpholine rings is 1. The van der Waals surface area contributed by atoms with E-state index < -0.39 is 0 Å². The predicted octanol–water partition coefficient (Wildman–Crippen LogP) is 4.37. The van der Waals surface area contributed by atoms with Crippen molar-refractivity contribution in [2.45, 2.75) is 12.8 Å². The third-order valence-electron chi connectivity index (χ3n) is 6.28. The van der Waals surface area contributed by atoms with Crippen LogP contribution in [-0.4, -0.2) is 65.9 Å². The van der Waals surface area contributed by atoms with E-state index in [0.717, 1.165) is 85.4 Å². The van der Waals surface area contributed by atoms with Crippen LogP contribution in [0.5, 0.6) is 5.75 Å². The fourth-order valence-corrected chi connectivity index (χ4v) is 4.42. The number of hydrogen-bond donors (Lipinski definition) is 2. The summed E-state index contributed by atoms with van der Waals surface area (Å²) in [4.78, 5) is 14.8. The highest BCUT2D eigenvalue weighted by Crippen LogP contribution is 2.24. The van der Waals surface area contributed by atoms with Crippen LogP contribution in [0.4, 0.5) is 5.82 Å². The Balaban J connectivity index is 1.16. The van der Waals surface area contributed by atoms with Gasteiger partial charge < -0.3 is 19.8 Å². The van der Waals surface area contributed by atoms with E-state index in [-0.39, 0.29) is 0 Å². The van der Waals surface area contributed by atoms with E-state index in [1.54, 1.807) is 6.20 Å². The van der Waals surface area contributed by atoms with Crippen LogP contribution in [0, 0.1) is 5.92 Å². The van der Waals surface area contributed by atoms with Crippen molar-refractivity contribution < 1.29 is 9.47 Å². The number of H-pyrrole nitrogens is 1. The molecule has 0 saturated carbocycles. The normalized spacial score (nSPS) is 18.7. The van der Waals surface area contributed by atoms with E-state index in [9.17, 15) is 0 Å². The molecule has 0 radical (unpaired) electrons. The summed E-state index contributed by atoms with van der Waals surface area (Å²) in [5.41, 5.74) is 3.20. The third kappa shape index (κ3) is 5.97. The molecule has 1 fully saturated rings. The second kappa shape index (κ2) is 11.0. The molecule has 1 aliphatic carbocycles. The van der Waals surface area contributed by atoms with Crippen LogP contribution in [0.3, 0.4) is 0 Å². The Bertz CT molecular complexity index is 1150. The van der Waals surface area contributed by atoms with Gasteiger partial charge in [-0.15, -0.1) is 0 Å². The lowest BCUT2D eigenvalue weighted by Gasteiger charge is -2.26. The Hall–Kier alpha value is -2.87. The van der Waals surface area contributed by atoms with Crippen molar-refractivity contribution in [3.8, 4) is 5.75 Å². The number of ether oxygens (including phenoxy) is 2. The van der Waals surface area contributed by atoms with Crippen LogP contribution in [0.15, 0.2) is 60.0 Å². The molecule has 0 bridgehead atoms. The number of anilines is 1. The SMILES string of the molecule is ClC1=CCC(CNc2ccc(Cc3c[nH]c4ncc(OCCN5CCOCC5)cc34)cn2)C=C1. The van der Waals surface area contributed by atoms with Crippen LogP contribution in [0.25, 0.3) is 11.0 Å². The quantitative estimate of drug-likeness (QED) is 0.474. The average molecular weight is 480 g/mol. The highest BCUT2D eigenvalue weighted by Gasteiger charge is 2.12. The summed E-state index contributed by atoms with van der Waals surface area (Å²) in [7, 11) is 0. The molecule has 2 N–H and O–H groups in total. The first-order valence-electron chi connectivity index (χ1n) is 11.8. The fourth-order valence-electron chi connectivity index (χ4n) is 4.26.